The number of hydrogen-bond acceptors (Lipinski definition) is 1. The van der Waals surface area contributed by atoms with Crippen LogP contribution < -0.4 is 0 Å². The maximum absolute atomic E-state index is 9.68. The molecule has 0 heterocycles. The average molecular weight is 482 g/mol. The van der Waals surface area contributed by atoms with Gasteiger partial charge in [-0.2, -0.15) is 5.26 Å². The van der Waals surface area contributed by atoms with Crippen molar-refractivity contribution in [3.05, 3.63) is 145 Å². The number of hydrogen-bond donors (Lipinski definition) is 0. The molecule has 7 aromatic carbocycles. The summed E-state index contributed by atoms with van der Waals surface area (Å²) in [5.41, 5.74) is 7.46. The first kappa shape index (κ1) is 22.0. The minimum Gasteiger partial charge on any atom is -0.192 e. The molecule has 0 amide bonds. The molecule has 0 atom stereocenters. The highest BCUT2D eigenvalue weighted by Crippen LogP contribution is 2.38. The first-order valence-electron chi connectivity index (χ1n) is 12.8. The Labute approximate surface area is 221 Å². The third-order valence-corrected chi connectivity index (χ3v) is 7.50. The van der Waals surface area contributed by atoms with Crippen LogP contribution in [-0.4, -0.2) is 0 Å². The van der Waals surface area contributed by atoms with Crippen LogP contribution >= 0.6 is 0 Å². The van der Waals surface area contributed by atoms with Gasteiger partial charge in [0.25, 0.3) is 0 Å². The van der Waals surface area contributed by atoms with Crippen LogP contribution in [0.15, 0.2) is 140 Å². The van der Waals surface area contributed by atoms with Crippen LogP contribution in [0.25, 0.3) is 65.7 Å². The molecule has 0 aromatic heterocycles. The first-order valence-corrected chi connectivity index (χ1v) is 12.8. The smallest absolute Gasteiger partial charge is 0.0998 e. The summed E-state index contributed by atoms with van der Waals surface area (Å²) in [4.78, 5) is 0. The standard InChI is InChI=1S/C37H23N/c38-24-30-10-2-4-13-33(30)34-14-6-5-12-32(34)28-19-17-26-22-29(20-18-25(26)21-28)37-23-27-9-1-3-11-31(27)35-15-7-8-16-36(35)37/h1-23H. The van der Waals surface area contributed by atoms with Gasteiger partial charge in [0.2, 0.25) is 0 Å². The van der Waals surface area contributed by atoms with Gasteiger partial charge in [0.1, 0.15) is 0 Å². The van der Waals surface area contributed by atoms with E-state index in [1.54, 1.807) is 0 Å². The van der Waals surface area contributed by atoms with Gasteiger partial charge in [-0.05, 0) is 84.4 Å². The van der Waals surface area contributed by atoms with Crippen molar-refractivity contribution in [2.45, 2.75) is 0 Å². The molecule has 0 radical (unpaired) electrons. The Hall–Kier alpha value is -5.19. The summed E-state index contributed by atoms with van der Waals surface area (Å²) >= 11 is 0. The number of nitrogens with zero attached hydrogens (tertiary/aromatic N) is 1. The fraction of sp³-hybridized carbons (Fsp3) is 0. The summed E-state index contributed by atoms with van der Waals surface area (Å²) in [6.07, 6.45) is 0. The SMILES string of the molecule is N#Cc1ccccc1-c1ccccc1-c1ccc2cc(-c3cc4ccccc4c4ccccc34)ccc2c1. The van der Waals surface area contributed by atoms with Gasteiger partial charge >= 0.3 is 0 Å². The number of fused-ring (bicyclic) bond motifs is 4. The van der Waals surface area contributed by atoms with E-state index in [0.29, 0.717) is 5.56 Å². The zero-order valence-electron chi connectivity index (χ0n) is 20.7. The molecule has 0 aliphatic rings. The van der Waals surface area contributed by atoms with Crippen molar-refractivity contribution in [2.24, 2.45) is 0 Å². The zero-order valence-corrected chi connectivity index (χ0v) is 20.7. The van der Waals surface area contributed by atoms with Crippen molar-refractivity contribution < 1.29 is 0 Å². The second-order valence-corrected chi connectivity index (χ2v) is 9.67. The highest BCUT2D eigenvalue weighted by Gasteiger charge is 2.12. The lowest BCUT2D eigenvalue weighted by atomic mass is 9.90. The van der Waals surface area contributed by atoms with Gasteiger partial charge in [-0.15, -0.1) is 0 Å². The molecule has 1 nitrogen and oxygen atoms in total. The third kappa shape index (κ3) is 3.63. The van der Waals surface area contributed by atoms with E-state index in [0.717, 1.165) is 22.3 Å². The normalized spacial score (nSPS) is 11.1. The third-order valence-electron chi connectivity index (χ3n) is 7.50. The van der Waals surface area contributed by atoms with E-state index in [1.165, 1.54) is 43.4 Å². The summed E-state index contributed by atoms with van der Waals surface area (Å²) in [6.45, 7) is 0. The van der Waals surface area contributed by atoms with Crippen LogP contribution in [0.4, 0.5) is 0 Å². The molecule has 0 aliphatic carbocycles. The highest BCUT2D eigenvalue weighted by molar-refractivity contribution is 6.14. The van der Waals surface area contributed by atoms with Crippen LogP contribution in [0.2, 0.25) is 0 Å². The first-order chi connectivity index (χ1) is 18.8. The van der Waals surface area contributed by atoms with E-state index in [-0.39, 0.29) is 0 Å². The molecule has 0 unspecified atom stereocenters. The van der Waals surface area contributed by atoms with E-state index in [4.69, 9.17) is 0 Å². The van der Waals surface area contributed by atoms with Crippen LogP contribution in [0.3, 0.4) is 0 Å². The van der Waals surface area contributed by atoms with Gasteiger partial charge < -0.3 is 0 Å². The zero-order chi connectivity index (χ0) is 25.5. The maximum atomic E-state index is 9.68. The Kier molecular flexibility index (Phi) is 5.24. The Bertz CT molecular complexity index is 2040. The molecule has 0 fully saturated rings. The van der Waals surface area contributed by atoms with Crippen LogP contribution in [0.5, 0.6) is 0 Å². The quantitative estimate of drug-likeness (QED) is 0.230. The van der Waals surface area contributed by atoms with Crippen molar-refractivity contribution in [3.63, 3.8) is 0 Å². The number of rotatable bonds is 3. The molecule has 7 aromatic rings. The predicted octanol–water partition coefficient (Wildman–Crippen LogP) is 10.0. The monoisotopic (exact) mass is 481 g/mol. The van der Waals surface area contributed by atoms with Crippen molar-refractivity contribution >= 4 is 32.3 Å². The fourth-order valence-corrected chi connectivity index (χ4v) is 5.66. The van der Waals surface area contributed by atoms with Crippen molar-refractivity contribution in [1.29, 1.82) is 5.26 Å². The van der Waals surface area contributed by atoms with E-state index in [9.17, 15) is 5.26 Å². The van der Waals surface area contributed by atoms with E-state index in [1.807, 2.05) is 30.3 Å². The second kappa shape index (κ2) is 9.04. The lowest BCUT2D eigenvalue weighted by molar-refractivity contribution is 1.48. The summed E-state index contributed by atoms with van der Waals surface area (Å²) < 4.78 is 0. The second-order valence-electron chi connectivity index (χ2n) is 9.67. The van der Waals surface area contributed by atoms with Crippen molar-refractivity contribution in [2.75, 3.05) is 0 Å². The Morgan fingerprint density at radius 1 is 0.368 bits per heavy atom. The molecule has 0 saturated carbocycles. The topological polar surface area (TPSA) is 23.8 Å². The van der Waals surface area contributed by atoms with E-state index in [2.05, 4.69) is 115 Å². The molecular formula is C37H23N. The van der Waals surface area contributed by atoms with Gasteiger partial charge in [0.05, 0.1) is 11.6 Å². The van der Waals surface area contributed by atoms with Crippen LogP contribution in [0, 0.1) is 11.3 Å². The molecule has 0 aliphatic heterocycles. The molecule has 7 rings (SSSR count). The van der Waals surface area contributed by atoms with E-state index >= 15 is 0 Å². The number of benzene rings is 7. The fourth-order valence-electron chi connectivity index (χ4n) is 5.66. The highest BCUT2D eigenvalue weighted by atomic mass is 14.2. The summed E-state index contributed by atoms with van der Waals surface area (Å²) in [7, 11) is 0. The lowest BCUT2D eigenvalue weighted by Gasteiger charge is -2.14. The number of nitriles is 1. The Morgan fingerprint density at radius 3 is 1.66 bits per heavy atom. The van der Waals surface area contributed by atoms with Crippen molar-refractivity contribution in [3.8, 4) is 39.4 Å². The van der Waals surface area contributed by atoms with Crippen LogP contribution in [-0.2, 0) is 0 Å². The van der Waals surface area contributed by atoms with Gasteiger partial charge in [-0.25, -0.2) is 0 Å². The molecule has 0 bridgehead atoms. The van der Waals surface area contributed by atoms with Gasteiger partial charge in [0, 0.05) is 5.56 Å². The minimum atomic E-state index is 0.688. The summed E-state index contributed by atoms with van der Waals surface area (Å²) in [5, 5.41) is 17.2. The van der Waals surface area contributed by atoms with Gasteiger partial charge in [0.15, 0.2) is 0 Å². The average Bonchev–Trinajstić information content (AvgIpc) is 3.00. The Morgan fingerprint density at radius 2 is 0.921 bits per heavy atom. The largest absolute Gasteiger partial charge is 0.192 e. The van der Waals surface area contributed by atoms with Gasteiger partial charge in [-0.3, -0.25) is 0 Å². The minimum absolute atomic E-state index is 0.688. The Balaban J connectivity index is 1.37. The molecule has 1 heteroatoms. The molecule has 0 saturated heterocycles. The molecule has 176 valence electrons. The van der Waals surface area contributed by atoms with E-state index < -0.39 is 0 Å². The van der Waals surface area contributed by atoms with Gasteiger partial charge in [-0.1, -0.05) is 115 Å². The predicted molar refractivity (Wildman–Crippen MR) is 160 cm³/mol. The molecule has 38 heavy (non-hydrogen) atoms. The summed E-state index contributed by atoms with van der Waals surface area (Å²) in [5.74, 6) is 0. The van der Waals surface area contributed by atoms with Crippen molar-refractivity contribution in [1.82, 2.24) is 0 Å². The van der Waals surface area contributed by atoms with Crippen LogP contribution in [0.1, 0.15) is 5.56 Å². The molecular weight excluding hydrogens is 458 g/mol. The lowest BCUT2D eigenvalue weighted by Crippen LogP contribution is -1.89. The summed E-state index contributed by atoms with van der Waals surface area (Å²) in [6, 6.07) is 51.5. The maximum Gasteiger partial charge on any atom is 0.0998 e. The molecule has 0 spiro atoms. The molecule has 0 N–H and O–H groups in total.